The summed E-state index contributed by atoms with van der Waals surface area (Å²) in [6.45, 7) is 4.53. The second-order valence-electron chi connectivity index (χ2n) is 3.62. The van der Waals surface area contributed by atoms with Gasteiger partial charge in [0.15, 0.2) is 0 Å². The van der Waals surface area contributed by atoms with Crippen LogP contribution in [0.5, 0.6) is 0 Å². The van der Waals surface area contributed by atoms with Crippen LogP contribution in [0.2, 0.25) is 0 Å². The summed E-state index contributed by atoms with van der Waals surface area (Å²) in [5.41, 5.74) is 8.60. The summed E-state index contributed by atoms with van der Waals surface area (Å²) in [6, 6.07) is 0. The van der Waals surface area contributed by atoms with Crippen LogP contribution in [0.1, 0.15) is 30.4 Å². The molecule has 0 aromatic carbocycles. The van der Waals surface area contributed by atoms with E-state index in [0.717, 1.165) is 35.1 Å². The summed E-state index contributed by atoms with van der Waals surface area (Å²) in [4.78, 5) is 4.41. The quantitative estimate of drug-likeness (QED) is 0.873. The Kier molecular flexibility index (Phi) is 3.31. The Morgan fingerprint density at radius 2 is 2.31 bits per heavy atom. The highest BCUT2D eigenvalue weighted by atomic mass is 32.1. The van der Waals surface area contributed by atoms with Crippen LogP contribution in [-0.4, -0.2) is 20.0 Å². The molecular formula is C10H15N5S. The fraction of sp³-hybridized carbons (Fsp3) is 0.500. The number of aryl methyl sites for hydroxylation is 1. The molecule has 0 spiro atoms. The summed E-state index contributed by atoms with van der Waals surface area (Å²) in [6.07, 6.45) is 1.98. The van der Waals surface area contributed by atoms with Crippen molar-refractivity contribution in [3.05, 3.63) is 22.5 Å². The molecule has 2 heterocycles. The van der Waals surface area contributed by atoms with E-state index >= 15 is 0 Å². The summed E-state index contributed by atoms with van der Waals surface area (Å²) in [5.74, 6) is 0. The van der Waals surface area contributed by atoms with Gasteiger partial charge in [0.2, 0.25) is 5.13 Å². The number of nitrogens with two attached hydrogens (primary N) is 1. The van der Waals surface area contributed by atoms with Crippen LogP contribution in [-0.2, 0) is 13.0 Å². The lowest BCUT2D eigenvalue weighted by atomic mass is 10.2. The monoisotopic (exact) mass is 237 g/mol. The van der Waals surface area contributed by atoms with Gasteiger partial charge in [-0.25, -0.2) is 4.98 Å². The average molecular weight is 237 g/mol. The molecule has 0 aliphatic rings. The molecule has 0 fully saturated rings. The molecule has 0 unspecified atom stereocenters. The fourth-order valence-corrected chi connectivity index (χ4v) is 2.34. The van der Waals surface area contributed by atoms with Gasteiger partial charge in [-0.05, 0) is 13.3 Å². The minimum Gasteiger partial charge on any atom is -0.325 e. The smallest absolute Gasteiger partial charge is 0.212 e. The van der Waals surface area contributed by atoms with E-state index in [1.807, 2.05) is 17.0 Å². The van der Waals surface area contributed by atoms with Crippen LogP contribution >= 0.6 is 11.3 Å². The van der Waals surface area contributed by atoms with E-state index in [1.165, 1.54) is 0 Å². The standard InChI is InChI=1S/C10H15N5S/c1-3-4-9-8(5-11)13-14-15(9)10-12-7(2)6-16-10/h6H,3-5,11H2,1-2H3. The molecule has 0 radical (unpaired) electrons. The Labute approximate surface area is 98.3 Å². The number of thiazole rings is 1. The zero-order valence-electron chi connectivity index (χ0n) is 9.47. The maximum atomic E-state index is 5.64. The maximum absolute atomic E-state index is 5.64. The molecule has 0 atom stereocenters. The Hall–Kier alpha value is -1.27. The van der Waals surface area contributed by atoms with Crippen LogP contribution in [0.3, 0.4) is 0 Å². The third kappa shape index (κ3) is 1.98. The van der Waals surface area contributed by atoms with Gasteiger partial charge in [-0.1, -0.05) is 18.6 Å². The van der Waals surface area contributed by atoms with Crippen molar-refractivity contribution in [3.63, 3.8) is 0 Å². The molecular weight excluding hydrogens is 222 g/mol. The minimum absolute atomic E-state index is 0.430. The molecule has 2 rings (SSSR count). The van der Waals surface area contributed by atoms with Crippen LogP contribution in [0.25, 0.3) is 5.13 Å². The van der Waals surface area contributed by atoms with Crippen LogP contribution in [0.4, 0.5) is 0 Å². The molecule has 0 amide bonds. The summed E-state index contributed by atoms with van der Waals surface area (Å²) >= 11 is 1.58. The van der Waals surface area contributed by atoms with Gasteiger partial charge in [-0.3, -0.25) is 0 Å². The van der Waals surface area contributed by atoms with Gasteiger partial charge in [0.25, 0.3) is 0 Å². The SMILES string of the molecule is CCCc1c(CN)nnn1-c1nc(C)cs1. The van der Waals surface area contributed by atoms with E-state index in [-0.39, 0.29) is 0 Å². The summed E-state index contributed by atoms with van der Waals surface area (Å²) in [5, 5.41) is 11.1. The molecule has 16 heavy (non-hydrogen) atoms. The van der Waals surface area contributed by atoms with E-state index in [4.69, 9.17) is 5.73 Å². The maximum Gasteiger partial charge on any atom is 0.212 e. The van der Waals surface area contributed by atoms with Crippen molar-refractivity contribution >= 4 is 11.3 Å². The van der Waals surface area contributed by atoms with Gasteiger partial charge >= 0.3 is 0 Å². The van der Waals surface area contributed by atoms with Crippen LogP contribution < -0.4 is 5.73 Å². The third-order valence-corrected chi connectivity index (χ3v) is 3.25. The molecule has 0 saturated carbocycles. The highest BCUT2D eigenvalue weighted by molar-refractivity contribution is 7.12. The Bertz CT molecular complexity index is 473. The first-order valence-corrected chi connectivity index (χ1v) is 6.20. The number of aromatic nitrogens is 4. The van der Waals surface area contributed by atoms with Gasteiger partial charge in [-0.15, -0.1) is 16.4 Å². The Morgan fingerprint density at radius 1 is 1.50 bits per heavy atom. The van der Waals surface area contributed by atoms with Gasteiger partial charge in [-0.2, -0.15) is 4.68 Å². The van der Waals surface area contributed by atoms with E-state index in [0.29, 0.717) is 6.54 Å². The van der Waals surface area contributed by atoms with Gasteiger partial charge in [0.05, 0.1) is 17.1 Å². The van der Waals surface area contributed by atoms with Crippen molar-refractivity contribution in [2.45, 2.75) is 33.2 Å². The van der Waals surface area contributed by atoms with Crippen molar-refractivity contribution in [1.29, 1.82) is 0 Å². The molecule has 6 heteroatoms. The normalized spacial score (nSPS) is 10.9. The van der Waals surface area contributed by atoms with Crippen molar-refractivity contribution in [1.82, 2.24) is 20.0 Å². The molecule has 5 nitrogen and oxygen atoms in total. The Morgan fingerprint density at radius 3 is 2.88 bits per heavy atom. The van der Waals surface area contributed by atoms with Crippen molar-refractivity contribution < 1.29 is 0 Å². The first-order chi connectivity index (χ1) is 7.76. The van der Waals surface area contributed by atoms with Gasteiger partial charge in [0.1, 0.15) is 0 Å². The van der Waals surface area contributed by atoms with Crippen LogP contribution in [0.15, 0.2) is 5.38 Å². The van der Waals surface area contributed by atoms with Crippen LogP contribution in [0, 0.1) is 6.92 Å². The lowest BCUT2D eigenvalue weighted by Crippen LogP contribution is -2.05. The predicted molar refractivity (Wildman–Crippen MR) is 63.7 cm³/mol. The number of rotatable bonds is 4. The van der Waals surface area contributed by atoms with E-state index in [9.17, 15) is 0 Å². The second-order valence-corrected chi connectivity index (χ2v) is 4.46. The largest absolute Gasteiger partial charge is 0.325 e. The highest BCUT2D eigenvalue weighted by Gasteiger charge is 2.14. The van der Waals surface area contributed by atoms with E-state index < -0.39 is 0 Å². The summed E-state index contributed by atoms with van der Waals surface area (Å²) in [7, 11) is 0. The molecule has 2 N–H and O–H groups in total. The molecule has 2 aromatic heterocycles. The zero-order chi connectivity index (χ0) is 11.5. The van der Waals surface area contributed by atoms with E-state index in [2.05, 4.69) is 22.2 Å². The number of nitrogens with zero attached hydrogens (tertiary/aromatic N) is 4. The lowest BCUT2D eigenvalue weighted by Gasteiger charge is -2.02. The van der Waals surface area contributed by atoms with Crippen molar-refractivity contribution in [3.8, 4) is 5.13 Å². The molecule has 0 bridgehead atoms. The lowest BCUT2D eigenvalue weighted by molar-refractivity contribution is 0.739. The molecule has 0 aliphatic carbocycles. The number of hydrogen-bond donors (Lipinski definition) is 1. The first-order valence-electron chi connectivity index (χ1n) is 5.32. The minimum atomic E-state index is 0.430. The second kappa shape index (κ2) is 4.71. The fourth-order valence-electron chi connectivity index (χ4n) is 1.57. The van der Waals surface area contributed by atoms with Crippen molar-refractivity contribution in [2.24, 2.45) is 5.73 Å². The van der Waals surface area contributed by atoms with Gasteiger partial charge < -0.3 is 5.73 Å². The molecule has 0 saturated heterocycles. The van der Waals surface area contributed by atoms with Gasteiger partial charge in [0, 0.05) is 11.9 Å². The Balaban J connectivity index is 2.43. The third-order valence-electron chi connectivity index (χ3n) is 2.31. The molecule has 0 aliphatic heterocycles. The molecule has 86 valence electrons. The van der Waals surface area contributed by atoms with Crippen molar-refractivity contribution in [2.75, 3.05) is 0 Å². The topological polar surface area (TPSA) is 69.6 Å². The highest BCUT2D eigenvalue weighted by Crippen LogP contribution is 2.18. The number of hydrogen-bond acceptors (Lipinski definition) is 5. The molecule has 2 aromatic rings. The first kappa shape index (κ1) is 11.2. The van der Waals surface area contributed by atoms with E-state index in [1.54, 1.807) is 11.3 Å². The summed E-state index contributed by atoms with van der Waals surface area (Å²) < 4.78 is 1.81. The average Bonchev–Trinajstić information content (AvgIpc) is 2.85. The zero-order valence-corrected chi connectivity index (χ0v) is 10.3. The predicted octanol–water partition coefficient (Wildman–Crippen LogP) is 1.44.